The summed E-state index contributed by atoms with van der Waals surface area (Å²) in [6, 6.07) is 21.6. The van der Waals surface area contributed by atoms with Crippen molar-refractivity contribution >= 4 is 58.2 Å². The van der Waals surface area contributed by atoms with Gasteiger partial charge in [-0.15, -0.1) is 0 Å². The predicted molar refractivity (Wildman–Crippen MR) is 132 cm³/mol. The number of halogens is 2. The molecule has 0 unspecified atom stereocenters. The minimum Gasteiger partial charge on any atom is -0.350 e. The van der Waals surface area contributed by atoms with Crippen molar-refractivity contribution in [3.8, 4) is 0 Å². The number of amides is 2. The van der Waals surface area contributed by atoms with Crippen LogP contribution in [0.5, 0.6) is 0 Å². The standard InChI is InChI=1S/C25H20Cl2N2O2S/c1-15(2)16-3-11-20(12-4-16)29-24(30)22(28-19-9-5-17(26)6-10-19)23(25(29)31)32-21-13-7-18(27)8-14-21/h3-15,28H,1-2H3. The fraction of sp³-hybridized carbons (Fsp3) is 0.120. The lowest BCUT2D eigenvalue weighted by Gasteiger charge is -2.16. The van der Waals surface area contributed by atoms with E-state index in [1.54, 1.807) is 48.5 Å². The van der Waals surface area contributed by atoms with Crippen molar-refractivity contribution in [3.05, 3.63) is 99.0 Å². The molecule has 0 bridgehead atoms. The van der Waals surface area contributed by atoms with E-state index < -0.39 is 5.91 Å². The van der Waals surface area contributed by atoms with E-state index in [0.717, 1.165) is 10.5 Å². The van der Waals surface area contributed by atoms with E-state index in [1.165, 1.54) is 16.7 Å². The third-order valence-corrected chi connectivity index (χ3v) is 6.60. The molecule has 0 aromatic heterocycles. The molecule has 0 radical (unpaired) electrons. The van der Waals surface area contributed by atoms with Crippen molar-refractivity contribution in [1.29, 1.82) is 0 Å². The van der Waals surface area contributed by atoms with Crippen LogP contribution in [0.25, 0.3) is 0 Å². The number of nitrogens with one attached hydrogen (secondary N) is 1. The molecule has 2 amide bonds. The number of rotatable bonds is 6. The average molecular weight is 483 g/mol. The maximum Gasteiger partial charge on any atom is 0.283 e. The SMILES string of the molecule is CC(C)c1ccc(N2C(=O)C(Nc3ccc(Cl)cc3)=C(Sc3ccc(Cl)cc3)C2=O)cc1. The molecule has 7 heteroatoms. The molecule has 0 saturated carbocycles. The Kier molecular flexibility index (Phi) is 6.60. The van der Waals surface area contributed by atoms with Crippen LogP contribution in [-0.2, 0) is 9.59 Å². The molecule has 1 N–H and O–H groups in total. The Bertz CT molecular complexity index is 1120. The van der Waals surface area contributed by atoms with E-state index in [4.69, 9.17) is 23.2 Å². The summed E-state index contributed by atoms with van der Waals surface area (Å²) in [7, 11) is 0. The van der Waals surface area contributed by atoms with Gasteiger partial charge in [-0.05, 0) is 72.1 Å². The highest BCUT2D eigenvalue weighted by Gasteiger charge is 2.40. The zero-order valence-electron chi connectivity index (χ0n) is 17.4. The number of nitrogens with zero attached hydrogens (tertiary/aromatic N) is 1. The molecule has 1 aliphatic heterocycles. The highest BCUT2D eigenvalue weighted by atomic mass is 35.5. The van der Waals surface area contributed by atoms with Gasteiger partial charge in [0.05, 0.1) is 5.69 Å². The average Bonchev–Trinajstić information content (AvgIpc) is 3.00. The normalized spacial score (nSPS) is 14.0. The second-order valence-electron chi connectivity index (χ2n) is 7.58. The first-order chi connectivity index (χ1) is 15.3. The molecule has 162 valence electrons. The van der Waals surface area contributed by atoms with Gasteiger partial charge in [0.25, 0.3) is 11.8 Å². The van der Waals surface area contributed by atoms with Crippen molar-refractivity contribution in [2.75, 3.05) is 10.2 Å². The van der Waals surface area contributed by atoms with E-state index in [0.29, 0.717) is 32.2 Å². The van der Waals surface area contributed by atoms with Crippen LogP contribution in [-0.4, -0.2) is 11.8 Å². The van der Waals surface area contributed by atoms with Crippen molar-refractivity contribution in [2.24, 2.45) is 0 Å². The van der Waals surface area contributed by atoms with Crippen LogP contribution in [0.2, 0.25) is 10.0 Å². The summed E-state index contributed by atoms with van der Waals surface area (Å²) >= 11 is 13.2. The molecule has 0 atom stereocenters. The lowest BCUT2D eigenvalue weighted by Crippen LogP contribution is -2.32. The summed E-state index contributed by atoms with van der Waals surface area (Å²) in [4.78, 5) is 29.1. The number of thioether (sulfide) groups is 1. The number of carbonyl (C=O) groups excluding carboxylic acids is 2. The first kappa shape index (κ1) is 22.5. The first-order valence-corrected chi connectivity index (χ1v) is 11.6. The molecular weight excluding hydrogens is 463 g/mol. The maximum atomic E-state index is 13.4. The number of imide groups is 1. The van der Waals surface area contributed by atoms with Gasteiger partial charge in [0, 0.05) is 20.6 Å². The zero-order valence-corrected chi connectivity index (χ0v) is 19.8. The van der Waals surface area contributed by atoms with Gasteiger partial charge in [-0.1, -0.05) is 60.9 Å². The van der Waals surface area contributed by atoms with Gasteiger partial charge in [-0.2, -0.15) is 0 Å². The summed E-state index contributed by atoms with van der Waals surface area (Å²) in [5.74, 6) is -0.423. The molecule has 32 heavy (non-hydrogen) atoms. The second kappa shape index (κ2) is 9.41. The van der Waals surface area contributed by atoms with E-state index in [2.05, 4.69) is 19.2 Å². The number of anilines is 2. The largest absolute Gasteiger partial charge is 0.350 e. The summed E-state index contributed by atoms with van der Waals surface area (Å²) in [5.41, 5.74) is 2.56. The summed E-state index contributed by atoms with van der Waals surface area (Å²) < 4.78 is 0. The fourth-order valence-corrected chi connectivity index (χ4v) is 4.43. The van der Waals surface area contributed by atoms with Crippen LogP contribution in [0.15, 0.2) is 88.3 Å². The van der Waals surface area contributed by atoms with Crippen molar-refractivity contribution in [2.45, 2.75) is 24.7 Å². The van der Waals surface area contributed by atoms with Gasteiger partial charge in [0.2, 0.25) is 0 Å². The minimum atomic E-state index is -0.404. The Morgan fingerprint density at radius 2 is 1.34 bits per heavy atom. The molecule has 3 aromatic carbocycles. The molecule has 1 aliphatic rings. The molecule has 1 heterocycles. The highest BCUT2D eigenvalue weighted by Crippen LogP contribution is 2.38. The van der Waals surface area contributed by atoms with Gasteiger partial charge in [0.1, 0.15) is 10.6 Å². The predicted octanol–water partition coefficient (Wildman–Crippen LogP) is 7.11. The Labute approximate surface area is 201 Å². The molecule has 3 aromatic rings. The Morgan fingerprint density at radius 3 is 1.91 bits per heavy atom. The Hall–Kier alpha value is -2.73. The zero-order chi connectivity index (χ0) is 22.8. The lowest BCUT2D eigenvalue weighted by molar-refractivity contribution is -0.120. The van der Waals surface area contributed by atoms with Gasteiger partial charge >= 0.3 is 0 Å². The van der Waals surface area contributed by atoms with Gasteiger partial charge < -0.3 is 5.32 Å². The van der Waals surface area contributed by atoms with Gasteiger partial charge in [0.15, 0.2) is 0 Å². The first-order valence-electron chi connectivity index (χ1n) is 10.0. The van der Waals surface area contributed by atoms with Crippen LogP contribution < -0.4 is 10.2 Å². The second-order valence-corrected chi connectivity index (χ2v) is 9.54. The highest BCUT2D eigenvalue weighted by molar-refractivity contribution is 8.04. The quantitative estimate of drug-likeness (QED) is 0.380. The van der Waals surface area contributed by atoms with E-state index in [9.17, 15) is 9.59 Å². The Balaban J connectivity index is 1.71. The molecule has 0 aliphatic carbocycles. The van der Waals surface area contributed by atoms with Gasteiger partial charge in [-0.25, -0.2) is 4.90 Å². The summed E-state index contributed by atoms with van der Waals surface area (Å²) in [6.45, 7) is 4.19. The number of benzene rings is 3. The lowest BCUT2D eigenvalue weighted by atomic mass is 10.0. The fourth-order valence-electron chi connectivity index (χ4n) is 3.26. The van der Waals surface area contributed by atoms with Crippen LogP contribution in [0.1, 0.15) is 25.3 Å². The molecule has 4 rings (SSSR count). The Morgan fingerprint density at radius 1 is 0.781 bits per heavy atom. The van der Waals surface area contributed by atoms with Crippen LogP contribution in [0, 0.1) is 0 Å². The monoisotopic (exact) mass is 482 g/mol. The van der Waals surface area contributed by atoms with Crippen LogP contribution in [0.3, 0.4) is 0 Å². The summed E-state index contributed by atoms with van der Waals surface area (Å²) in [5, 5.41) is 4.31. The van der Waals surface area contributed by atoms with Crippen LogP contribution >= 0.6 is 35.0 Å². The molecule has 0 saturated heterocycles. The topological polar surface area (TPSA) is 49.4 Å². The van der Waals surface area contributed by atoms with Crippen molar-refractivity contribution < 1.29 is 9.59 Å². The van der Waals surface area contributed by atoms with E-state index in [-0.39, 0.29) is 11.6 Å². The number of hydrogen-bond donors (Lipinski definition) is 1. The molecule has 0 spiro atoms. The third-order valence-electron chi connectivity index (χ3n) is 5.01. The van der Waals surface area contributed by atoms with E-state index in [1.807, 2.05) is 24.3 Å². The molecule has 4 nitrogen and oxygen atoms in total. The van der Waals surface area contributed by atoms with Crippen molar-refractivity contribution in [1.82, 2.24) is 0 Å². The molecular formula is C25H20Cl2N2O2S. The smallest absolute Gasteiger partial charge is 0.283 e. The summed E-state index contributed by atoms with van der Waals surface area (Å²) in [6.07, 6.45) is 0. The minimum absolute atomic E-state index is 0.227. The maximum absolute atomic E-state index is 13.4. The van der Waals surface area contributed by atoms with Crippen LogP contribution in [0.4, 0.5) is 11.4 Å². The third kappa shape index (κ3) is 4.70. The van der Waals surface area contributed by atoms with Crippen molar-refractivity contribution in [3.63, 3.8) is 0 Å². The van der Waals surface area contributed by atoms with E-state index >= 15 is 0 Å². The van der Waals surface area contributed by atoms with Gasteiger partial charge in [-0.3, -0.25) is 9.59 Å². The number of hydrogen-bond acceptors (Lipinski definition) is 4. The molecule has 0 fully saturated rings. The number of carbonyl (C=O) groups is 2.